The smallest absolute Gasteiger partial charge is 0.126 e. The lowest BCUT2D eigenvalue weighted by molar-refractivity contribution is 0.0121. The fraction of sp³-hybridized carbons (Fsp3) is 0.739. The molecule has 3 aliphatic carbocycles. The largest absolute Gasteiger partial charge is 0.381 e. The van der Waals surface area contributed by atoms with E-state index in [0.717, 1.165) is 42.6 Å². The molecule has 1 aromatic carbocycles. The highest BCUT2D eigenvalue weighted by Gasteiger charge is 2.37. The van der Waals surface area contributed by atoms with Gasteiger partial charge in [-0.05, 0) is 104 Å². The molecule has 2 heteroatoms. The van der Waals surface area contributed by atoms with Crippen LogP contribution in [0.15, 0.2) is 12.1 Å². The van der Waals surface area contributed by atoms with Crippen LogP contribution < -0.4 is 0 Å². The molecule has 0 bridgehead atoms. The van der Waals surface area contributed by atoms with Gasteiger partial charge in [-0.25, -0.2) is 4.39 Å². The number of ether oxygens (including phenoxy) is 1. The first kappa shape index (κ1) is 17.5. The molecule has 0 saturated heterocycles. The Morgan fingerprint density at radius 1 is 1.00 bits per heavy atom. The van der Waals surface area contributed by atoms with Gasteiger partial charge in [0, 0.05) is 7.11 Å². The zero-order valence-electron chi connectivity index (χ0n) is 15.9. The summed E-state index contributed by atoms with van der Waals surface area (Å²) in [5, 5.41) is 0. The second-order valence-electron chi connectivity index (χ2n) is 8.86. The summed E-state index contributed by atoms with van der Waals surface area (Å²) in [6.07, 6.45) is 12.5. The summed E-state index contributed by atoms with van der Waals surface area (Å²) in [6.45, 7) is 2.26. The van der Waals surface area contributed by atoms with Crippen LogP contribution >= 0.6 is 0 Å². The van der Waals surface area contributed by atoms with E-state index in [2.05, 4.69) is 13.0 Å². The van der Waals surface area contributed by atoms with E-state index in [1.165, 1.54) is 56.1 Å². The Morgan fingerprint density at radius 2 is 1.80 bits per heavy atom. The zero-order valence-corrected chi connectivity index (χ0v) is 15.9. The minimum absolute atomic E-state index is 0.0736. The lowest BCUT2D eigenvalue weighted by Crippen LogP contribution is -2.33. The van der Waals surface area contributed by atoms with Gasteiger partial charge in [0.2, 0.25) is 0 Å². The highest BCUT2D eigenvalue weighted by molar-refractivity contribution is 5.37. The first-order chi connectivity index (χ1) is 12.2. The summed E-state index contributed by atoms with van der Waals surface area (Å²) in [5.74, 6) is 2.86. The van der Waals surface area contributed by atoms with Gasteiger partial charge >= 0.3 is 0 Å². The maximum absolute atomic E-state index is 14.9. The molecule has 0 radical (unpaired) electrons. The van der Waals surface area contributed by atoms with E-state index >= 15 is 0 Å². The average molecular weight is 345 g/mol. The normalized spacial score (nSPS) is 35.1. The molecule has 5 unspecified atom stereocenters. The van der Waals surface area contributed by atoms with Crippen molar-refractivity contribution in [2.45, 2.75) is 83.2 Å². The summed E-state index contributed by atoms with van der Waals surface area (Å²) >= 11 is 0. The van der Waals surface area contributed by atoms with Crippen LogP contribution in [0.1, 0.15) is 80.9 Å². The van der Waals surface area contributed by atoms with Crippen molar-refractivity contribution in [3.63, 3.8) is 0 Å². The molecule has 5 atom stereocenters. The van der Waals surface area contributed by atoms with Gasteiger partial charge in [-0.1, -0.05) is 19.4 Å². The molecule has 0 aliphatic heterocycles. The third-order valence-electron chi connectivity index (χ3n) is 7.56. The maximum atomic E-state index is 14.9. The van der Waals surface area contributed by atoms with E-state index in [-0.39, 0.29) is 5.82 Å². The minimum Gasteiger partial charge on any atom is -0.381 e. The Bertz CT molecular complexity index is 610. The van der Waals surface area contributed by atoms with E-state index in [9.17, 15) is 4.39 Å². The second kappa shape index (κ2) is 7.39. The predicted octanol–water partition coefficient (Wildman–Crippen LogP) is 6.04. The van der Waals surface area contributed by atoms with Crippen molar-refractivity contribution in [1.82, 2.24) is 0 Å². The topological polar surface area (TPSA) is 9.23 Å². The Morgan fingerprint density at radius 3 is 2.60 bits per heavy atom. The van der Waals surface area contributed by atoms with E-state index in [1.54, 1.807) is 0 Å². The molecule has 25 heavy (non-hydrogen) atoms. The third kappa shape index (κ3) is 3.52. The summed E-state index contributed by atoms with van der Waals surface area (Å²) in [7, 11) is 1.85. The van der Waals surface area contributed by atoms with Crippen LogP contribution in [-0.4, -0.2) is 13.2 Å². The van der Waals surface area contributed by atoms with Gasteiger partial charge in [0.15, 0.2) is 0 Å². The van der Waals surface area contributed by atoms with Crippen molar-refractivity contribution in [3.05, 3.63) is 34.6 Å². The Hall–Kier alpha value is -0.890. The molecule has 0 N–H and O–H groups in total. The SMILES string of the molecule is CCC1CCc2cc(C3CCC4CC(OC)CCC4C3)c(F)cc2C1. The van der Waals surface area contributed by atoms with Crippen LogP contribution in [0.4, 0.5) is 4.39 Å². The first-order valence-electron chi connectivity index (χ1n) is 10.5. The Labute approximate surface area is 152 Å². The Kier molecular flexibility index (Phi) is 5.18. The van der Waals surface area contributed by atoms with E-state index < -0.39 is 0 Å². The summed E-state index contributed by atoms with van der Waals surface area (Å²) < 4.78 is 20.5. The molecule has 1 aromatic rings. The van der Waals surface area contributed by atoms with Crippen LogP contribution in [0.25, 0.3) is 0 Å². The summed E-state index contributed by atoms with van der Waals surface area (Å²) in [6, 6.07) is 4.14. The van der Waals surface area contributed by atoms with Crippen LogP contribution in [0, 0.1) is 23.6 Å². The molecular weight excluding hydrogens is 311 g/mol. The predicted molar refractivity (Wildman–Crippen MR) is 100 cm³/mol. The molecule has 138 valence electrons. The number of fused-ring (bicyclic) bond motifs is 2. The lowest BCUT2D eigenvalue weighted by atomic mass is 9.65. The van der Waals surface area contributed by atoms with Crippen molar-refractivity contribution in [1.29, 1.82) is 0 Å². The molecule has 0 amide bonds. The molecule has 3 aliphatic rings. The highest BCUT2D eigenvalue weighted by Crippen LogP contribution is 2.47. The molecule has 0 spiro atoms. The van der Waals surface area contributed by atoms with Crippen LogP contribution in [0.5, 0.6) is 0 Å². The first-order valence-corrected chi connectivity index (χ1v) is 10.5. The van der Waals surface area contributed by atoms with E-state index in [0.29, 0.717) is 12.0 Å². The molecule has 2 fully saturated rings. The molecular formula is C23H33FO. The van der Waals surface area contributed by atoms with Gasteiger partial charge in [-0.3, -0.25) is 0 Å². The van der Waals surface area contributed by atoms with Crippen molar-refractivity contribution >= 4 is 0 Å². The number of rotatable bonds is 3. The number of methoxy groups -OCH3 is 1. The number of aryl methyl sites for hydroxylation is 1. The van der Waals surface area contributed by atoms with Crippen molar-refractivity contribution in [2.24, 2.45) is 17.8 Å². The number of halogens is 1. The van der Waals surface area contributed by atoms with Crippen molar-refractivity contribution in [3.8, 4) is 0 Å². The van der Waals surface area contributed by atoms with E-state index in [1.807, 2.05) is 13.2 Å². The number of benzene rings is 1. The van der Waals surface area contributed by atoms with E-state index in [4.69, 9.17) is 4.74 Å². The molecule has 1 nitrogen and oxygen atoms in total. The lowest BCUT2D eigenvalue weighted by Gasteiger charge is -2.42. The summed E-state index contributed by atoms with van der Waals surface area (Å²) in [4.78, 5) is 0. The third-order valence-corrected chi connectivity index (χ3v) is 7.56. The number of hydrogen-bond acceptors (Lipinski definition) is 1. The molecule has 2 saturated carbocycles. The maximum Gasteiger partial charge on any atom is 0.126 e. The Balaban J connectivity index is 1.49. The van der Waals surface area contributed by atoms with Crippen LogP contribution in [0.2, 0.25) is 0 Å². The molecule has 4 rings (SSSR count). The van der Waals surface area contributed by atoms with Crippen LogP contribution in [0.3, 0.4) is 0 Å². The standard InChI is InChI=1S/C23H33FO/c1-3-15-4-5-18-13-22(23(24)14-20(18)10-15)19-7-6-17-12-21(25-2)9-8-16(17)11-19/h13-17,19,21H,3-12H2,1-2H3. The zero-order chi connectivity index (χ0) is 17.4. The monoisotopic (exact) mass is 344 g/mol. The van der Waals surface area contributed by atoms with Gasteiger partial charge < -0.3 is 4.74 Å². The van der Waals surface area contributed by atoms with Gasteiger partial charge in [-0.15, -0.1) is 0 Å². The van der Waals surface area contributed by atoms with Gasteiger partial charge in [0.25, 0.3) is 0 Å². The second-order valence-corrected chi connectivity index (χ2v) is 8.86. The van der Waals surface area contributed by atoms with Gasteiger partial charge in [0.1, 0.15) is 5.82 Å². The summed E-state index contributed by atoms with van der Waals surface area (Å²) in [5.41, 5.74) is 3.75. The highest BCUT2D eigenvalue weighted by atomic mass is 19.1. The fourth-order valence-corrected chi connectivity index (χ4v) is 5.88. The van der Waals surface area contributed by atoms with Gasteiger partial charge in [0.05, 0.1) is 6.10 Å². The van der Waals surface area contributed by atoms with Crippen LogP contribution in [-0.2, 0) is 17.6 Å². The minimum atomic E-state index is 0.0736. The van der Waals surface area contributed by atoms with Crippen molar-refractivity contribution in [2.75, 3.05) is 7.11 Å². The average Bonchev–Trinajstić information content (AvgIpc) is 2.66. The fourth-order valence-electron chi connectivity index (χ4n) is 5.88. The van der Waals surface area contributed by atoms with Gasteiger partial charge in [-0.2, -0.15) is 0 Å². The number of hydrogen-bond donors (Lipinski definition) is 0. The van der Waals surface area contributed by atoms with Crippen molar-refractivity contribution < 1.29 is 9.13 Å². The quantitative estimate of drug-likeness (QED) is 0.649. The molecule has 0 aromatic heterocycles. The molecule has 0 heterocycles.